The Balaban J connectivity index is 1.85. The summed E-state index contributed by atoms with van der Waals surface area (Å²) in [7, 11) is 1.80. The number of carbonyl (C=O) groups excluding carboxylic acids is 1. The van der Waals surface area contributed by atoms with Gasteiger partial charge in [0.2, 0.25) is 5.91 Å². The van der Waals surface area contributed by atoms with Crippen LogP contribution in [0.4, 0.5) is 0 Å². The summed E-state index contributed by atoms with van der Waals surface area (Å²) in [6, 6.07) is 0. The smallest absolute Gasteiger partial charge is 0.311 e. The lowest BCUT2D eigenvalue weighted by Crippen LogP contribution is -2.47. The highest BCUT2D eigenvalue weighted by molar-refractivity contribution is 5.92. The largest absolute Gasteiger partial charge is 0.481 e. The van der Waals surface area contributed by atoms with Gasteiger partial charge >= 0.3 is 5.97 Å². The summed E-state index contributed by atoms with van der Waals surface area (Å²) in [4.78, 5) is 22.7. The number of carboxylic acid groups (broad SMARTS) is 1. The summed E-state index contributed by atoms with van der Waals surface area (Å²) >= 11 is 0. The van der Waals surface area contributed by atoms with Crippen LogP contribution in [0.1, 0.15) is 24.8 Å². The summed E-state index contributed by atoms with van der Waals surface area (Å²) in [6.45, 7) is 0.193. The van der Waals surface area contributed by atoms with Gasteiger partial charge in [0.05, 0.1) is 11.6 Å². The topological polar surface area (TPSA) is 84.2 Å². The molecule has 0 aromatic carbocycles. The lowest BCUT2D eigenvalue weighted by Gasteiger charge is -2.37. The maximum Gasteiger partial charge on any atom is 0.311 e. The van der Waals surface area contributed by atoms with Gasteiger partial charge in [0.1, 0.15) is 0 Å². The molecule has 0 aliphatic heterocycles. The van der Waals surface area contributed by atoms with Crippen molar-refractivity contribution < 1.29 is 14.7 Å². The minimum Gasteiger partial charge on any atom is -0.481 e. The van der Waals surface area contributed by atoms with Gasteiger partial charge in [0.25, 0.3) is 0 Å². The van der Waals surface area contributed by atoms with Crippen molar-refractivity contribution in [3.8, 4) is 0 Å². The summed E-state index contributed by atoms with van der Waals surface area (Å²) in [6.07, 6.45) is 8.65. The quantitative estimate of drug-likeness (QED) is 0.770. The molecule has 6 nitrogen and oxygen atoms in total. The molecule has 102 valence electrons. The van der Waals surface area contributed by atoms with Crippen LogP contribution < -0.4 is 5.32 Å². The molecule has 1 aliphatic rings. The lowest BCUT2D eigenvalue weighted by molar-refractivity contribution is -0.154. The molecule has 2 N–H and O–H groups in total. The number of nitrogens with one attached hydrogen (secondary N) is 1. The fourth-order valence-corrected chi connectivity index (χ4v) is 2.08. The number of amides is 1. The number of nitrogens with zero attached hydrogens (tertiary/aromatic N) is 2. The molecule has 0 spiro atoms. The summed E-state index contributed by atoms with van der Waals surface area (Å²) in [5.41, 5.74) is 0.0758. The molecule has 1 aliphatic carbocycles. The molecule has 0 unspecified atom stereocenters. The van der Waals surface area contributed by atoms with E-state index in [0.29, 0.717) is 12.8 Å². The molecule has 19 heavy (non-hydrogen) atoms. The molecule has 1 aromatic rings. The number of carbonyl (C=O) groups is 2. The van der Waals surface area contributed by atoms with E-state index < -0.39 is 11.4 Å². The van der Waals surface area contributed by atoms with Gasteiger partial charge in [0, 0.05) is 31.4 Å². The van der Waals surface area contributed by atoms with E-state index in [0.717, 1.165) is 12.0 Å². The number of hydrogen-bond donors (Lipinski definition) is 2. The predicted octanol–water partition coefficient (Wildman–Crippen LogP) is 0.804. The monoisotopic (exact) mass is 263 g/mol. The van der Waals surface area contributed by atoms with E-state index >= 15 is 0 Å². The van der Waals surface area contributed by atoms with Crippen LogP contribution in [0.5, 0.6) is 0 Å². The fourth-order valence-electron chi connectivity index (χ4n) is 2.08. The van der Waals surface area contributed by atoms with Gasteiger partial charge in [-0.3, -0.25) is 14.3 Å². The van der Waals surface area contributed by atoms with Gasteiger partial charge in [-0.15, -0.1) is 0 Å². The van der Waals surface area contributed by atoms with Gasteiger partial charge in [0.15, 0.2) is 0 Å². The first-order valence-electron chi connectivity index (χ1n) is 6.20. The number of aliphatic carboxylic acids is 1. The number of aryl methyl sites for hydroxylation is 1. The normalized spacial score (nSPS) is 17.1. The molecule has 1 aromatic heterocycles. The van der Waals surface area contributed by atoms with Gasteiger partial charge in [-0.05, 0) is 18.9 Å². The maximum absolute atomic E-state index is 11.6. The first kappa shape index (κ1) is 13.3. The second-order valence-electron chi connectivity index (χ2n) is 4.94. The van der Waals surface area contributed by atoms with Crippen LogP contribution in [-0.2, 0) is 16.6 Å². The molecule has 0 radical (unpaired) electrons. The zero-order valence-electron chi connectivity index (χ0n) is 10.8. The third-order valence-corrected chi connectivity index (χ3v) is 3.52. The number of rotatable bonds is 5. The Kier molecular flexibility index (Phi) is 3.69. The van der Waals surface area contributed by atoms with Crippen molar-refractivity contribution in [2.45, 2.75) is 19.3 Å². The van der Waals surface area contributed by atoms with Gasteiger partial charge in [-0.25, -0.2) is 0 Å². The number of carboxylic acids is 1. The first-order valence-corrected chi connectivity index (χ1v) is 6.20. The van der Waals surface area contributed by atoms with Crippen molar-refractivity contribution in [2.75, 3.05) is 6.54 Å². The van der Waals surface area contributed by atoms with E-state index in [1.165, 1.54) is 6.08 Å². The molecule has 1 saturated carbocycles. The van der Waals surface area contributed by atoms with Crippen molar-refractivity contribution >= 4 is 18.0 Å². The first-order chi connectivity index (χ1) is 9.02. The Labute approximate surface area is 111 Å². The molecule has 0 atom stereocenters. The van der Waals surface area contributed by atoms with Crippen molar-refractivity contribution in [1.82, 2.24) is 15.1 Å². The van der Waals surface area contributed by atoms with Gasteiger partial charge in [-0.2, -0.15) is 5.10 Å². The van der Waals surface area contributed by atoms with Gasteiger partial charge < -0.3 is 10.4 Å². The average Bonchev–Trinajstić information content (AvgIpc) is 2.70. The second-order valence-corrected chi connectivity index (χ2v) is 4.94. The highest BCUT2D eigenvalue weighted by Crippen LogP contribution is 2.40. The van der Waals surface area contributed by atoms with Crippen LogP contribution in [0.15, 0.2) is 18.5 Å². The zero-order chi connectivity index (χ0) is 13.9. The average molecular weight is 263 g/mol. The highest BCUT2D eigenvalue weighted by atomic mass is 16.4. The minimum atomic E-state index is -0.824. The van der Waals surface area contributed by atoms with Crippen LogP contribution in [0.3, 0.4) is 0 Å². The molecule has 1 amide bonds. The Hall–Kier alpha value is -2.11. The van der Waals surface area contributed by atoms with Crippen LogP contribution in [0.2, 0.25) is 0 Å². The van der Waals surface area contributed by atoms with E-state index in [1.54, 1.807) is 30.2 Å². The second kappa shape index (κ2) is 5.26. The predicted molar refractivity (Wildman–Crippen MR) is 69.2 cm³/mol. The Bertz CT molecular complexity index is 515. The van der Waals surface area contributed by atoms with E-state index in [-0.39, 0.29) is 12.5 Å². The van der Waals surface area contributed by atoms with Crippen LogP contribution in [0, 0.1) is 5.41 Å². The molecule has 0 bridgehead atoms. The molecule has 0 saturated heterocycles. The Morgan fingerprint density at radius 2 is 2.32 bits per heavy atom. The summed E-state index contributed by atoms with van der Waals surface area (Å²) < 4.78 is 1.64. The molecular weight excluding hydrogens is 246 g/mol. The minimum absolute atomic E-state index is 0.193. The molecule has 1 fully saturated rings. The molecule has 1 heterocycles. The summed E-state index contributed by atoms with van der Waals surface area (Å²) in [5, 5.41) is 15.8. The molecule has 2 rings (SSSR count). The van der Waals surface area contributed by atoms with Crippen molar-refractivity contribution in [1.29, 1.82) is 0 Å². The van der Waals surface area contributed by atoms with Gasteiger partial charge in [-0.1, -0.05) is 6.42 Å². The Morgan fingerprint density at radius 1 is 1.58 bits per heavy atom. The van der Waals surface area contributed by atoms with E-state index in [2.05, 4.69) is 10.4 Å². The third-order valence-electron chi connectivity index (χ3n) is 3.52. The fraction of sp³-hybridized carbons (Fsp3) is 0.462. The highest BCUT2D eigenvalue weighted by Gasteiger charge is 2.44. The van der Waals surface area contributed by atoms with E-state index in [4.69, 9.17) is 5.11 Å². The van der Waals surface area contributed by atoms with Crippen LogP contribution in [-0.4, -0.2) is 33.3 Å². The third kappa shape index (κ3) is 3.01. The van der Waals surface area contributed by atoms with Crippen molar-refractivity contribution in [3.63, 3.8) is 0 Å². The van der Waals surface area contributed by atoms with Crippen LogP contribution in [0.25, 0.3) is 6.08 Å². The Morgan fingerprint density at radius 3 is 2.79 bits per heavy atom. The van der Waals surface area contributed by atoms with Crippen LogP contribution >= 0.6 is 0 Å². The standard InChI is InChI=1S/C13H17N3O3/c1-16-8-10(7-15-16)3-4-11(17)14-9-13(12(18)19)5-2-6-13/h3-4,7-8H,2,5-6,9H2,1H3,(H,14,17)(H,18,19)/b4-3+. The lowest BCUT2D eigenvalue weighted by atomic mass is 9.69. The zero-order valence-corrected chi connectivity index (χ0v) is 10.8. The molecular formula is C13H17N3O3. The molecule has 6 heteroatoms. The van der Waals surface area contributed by atoms with Crippen molar-refractivity contribution in [3.05, 3.63) is 24.0 Å². The van der Waals surface area contributed by atoms with E-state index in [9.17, 15) is 9.59 Å². The maximum atomic E-state index is 11.6. The summed E-state index contributed by atoms with van der Waals surface area (Å²) in [5.74, 6) is -1.10. The van der Waals surface area contributed by atoms with Crippen molar-refractivity contribution in [2.24, 2.45) is 12.5 Å². The number of aromatic nitrogens is 2. The van der Waals surface area contributed by atoms with E-state index in [1.807, 2.05) is 0 Å². The SMILES string of the molecule is Cn1cc(/C=C/C(=O)NCC2(C(=O)O)CCC2)cn1. The number of hydrogen-bond acceptors (Lipinski definition) is 3.